The summed E-state index contributed by atoms with van der Waals surface area (Å²) in [5.41, 5.74) is 4.08. The largest absolute Gasteiger partial charge is 0.360 e. The standard InChI is InChI=1S/C16H12BrNO/c1-11-15(12-7-3-2-4-8-12)16(18-19-11)13-9-5-6-10-14(13)17/h2-10H,1H3. The van der Waals surface area contributed by atoms with Crippen LogP contribution in [0.15, 0.2) is 63.6 Å². The first-order chi connectivity index (χ1) is 9.27. The summed E-state index contributed by atoms with van der Waals surface area (Å²) in [5, 5.41) is 4.22. The molecule has 0 aliphatic rings. The van der Waals surface area contributed by atoms with Crippen LogP contribution in [-0.4, -0.2) is 5.16 Å². The second-order valence-corrected chi connectivity index (χ2v) is 5.16. The molecule has 2 nitrogen and oxygen atoms in total. The summed E-state index contributed by atoms with van der Waals surface area (Å²) in [6, 6.07) is 18.2. The molecule has 3 heteroatoms. The third kappa shape index (κ3) is 2.22. The van der Waals surface area contributed by atoms with Crippen LogP contribution in [0.4, 0.5) is 0 Å². The van der Waals surface area contributed by atoms with Gasteiger partial charge in [-0.25, -0.2) is 0 Å². The Hall–Kier alpha value is -1.87. The van der Waals surface area contributed by atoms with Crippen molar-refractivity contribution < 1.29 is 4.52 Å². The molecule has 0 aliphatic heterocycles. The van der Waals surface area contributed by atoms with Crippen LogP contribution in [-0.2, 0) is 0 Å². The van der Waals surface area contributed by atoms with E-state index >= 15 is 0 Å². The van der Waals surface area contributed by atoms with Crippen LogP contribution in [0.1, 0.15) is 5.76 Å². The van der Waals surface area contributed by atoms with Crippen LogP contribution < -0.4 is 0 Å². The van der Waals surface area contributed by atoms with Gasteiger partial charge >= 0.3 is 0 Å². The van der Waals surface area contributed by atoms with Gasteiger partial charge in [0.25, 0.3) is 0 Å². The molecule has 0 saturated heterocycles. The van der Waals surface area contributed by atoms with E-state index in [0.717, 1.165) is 32.6 Å². The molecule has 0 fully saturated rings. The fourth-order valence-electron chi connectivity index (χ4n) is 2.15. The Morgan fingerprint density at radius 2 is 1.63 bits per heavy atom. The van der Waals surface area contributed by atoms with Crippen LogP contribution in [0, 0.1) is 6.92 Å². The van der Waals surface area contributed by atoms with E-state index in [-0.39, 0.29) is 0 Å². The molecule has 0 unspecified atom stereocenters. The van der Waals surface area contributed by atoms with E-state index in [1.165, 1.54) is 0 Å². The van der Waals surface area contributed by atoms with Crippen molar-refractivity contribution in [1.29, 1.82) is 0 Å². The van der Waals surface area contributed by atoms with Crippen molar-refractivity contribution in [1.82, 2.24) is 5.16 Å². The van der Waals surface area contributed by atoms with Gasteiger partial charge in [0.05, 0.1) is 5.56 Å². The van der Waals surface area contributed by atoms with Crippen LogP contribution in [0.3, 0.4) is 0 Å². The fraction of sp³-hybridized carbons (Fsp3) is 0.0625. The van der Waals surface area contributed by atoms with Gasteiger partial charge in [-0.1, -0.05) is 69.6 Å². The Kier molecular flexibility index (Phi) is 3.22. The topological polar surface area (TPSA) is 26.0 Å². The van der Waals surface area contributed by atoms with E-state index in [4.69, 9.17) is 4.52 Å². The first-order valence-electron chi connectivity index (χ1n) is 6.04. The molecule has 0 radical (unpaired) electrons. The third-order valence-corrected chi connectivity index (χ3v) is 3.75. The molecule has 0 atom stereocenters. The van der Waals surface area contributed by atoms with Gasteiger partial charge in [0, 0.05) is 10.0 Å². The highest BCUT2D eigenvalue weighted by atomic mass is 79.9. The minimum atomic E-state index is 0.831. The van der Waals surface area contributed by atoms with Gasteiger partial charge < -0.3 is 4.52 Å². The molecule has 1 heterocycles. The van der Waals surface area contributed by atoms with E-state index in [1.54, 1.807) is 0 Å². The molecule has 94 valence electrons. The average Bonchev–Trinajstić information content (AvgIpc) is 2.82. The summed E-state index contributed by atoms with van der Waals surface area (Å²) in [6.07, 6.45) is 0. The van der Waals surface area contributed by atoms with Crippen molar-refractivity contribution in [2.45, 2.75) is 6.92 Å². The molecule has 2 aromatic carbocycles. The predicted molar refractivity (Wildman–Crippen MR) is 79.8 cm³/mol. The number of benzene rings is 2. The molecule has 0 aliphatic carbocycles. The van der Waals surface area contributed by atoms with Crippen molar-refractivity contribution in [2.75, 3.05) is 0 Å². The van der Waals surface area contributed by atoms with Gasteiger partial charge in [-0.3, -0.25) is 0 Å². The normalized spacial score (nSPS) is 10.6. The highest BCUT2D eigenvalue weighted by Crippen LogP contribution is 2.37. The molecule has 0 spiro atoms. The second kappa shape index (κ2) is 5.02. The van der Waals surface area contributed by atoms with Crippen molar-refractivity contribution in [3.05, 3.63) is 64.8 Å². The smallest absolute Gasteiger partial charge is 0.142 e. The van der Waals surface area contributed by atoms with Crippen molar-refractivity contribution >= 4 is 15.9 Å². The fourth-order valence-corrected chi connectivity index (χ4v) is 2.63. The molecular weight excluding hydrogens is 302 g/mol. The second-order valence-electron chi connectivity index (χ2n) is 4.31. The van der Waals surface area contributed by atoms with Gasteiger partial charge in [-0.05, 0) is 18.6 Å². The minimum Gasteiger partial charge on any atom is -0.360 e. The van der Waals surface area contributed by atoms with Gasteiger partial charge in [-0.2, -0.15) is 0 Å². The number of hydrogen-bond donors (Lipinski definition) is 0. The lowest BCUT2D eigenvalue weighted by Gasteiger charge is -2.04. The van der Waals surface area contributed by atoms with Crippen LogP contribution in [0.5, 0.6) is 0 Å². The quantitative estimate of drug-likeness (QED) is 0.659. The number of halogens is 1. The highest BCUT2D eigenvalue weighted by molar-refractivity contribution is 9.10. The Morgan fingerprint density at radius 3 is 2.37 bits per heavy atom. The molecule has 3 aromatic rings. The summed E-state index contributed by atoms with van der Waals surface area (Å²) in [4.78, 5) is 0. The summed E-state index contributed by atoms with van der Waals surface area (Å²) >= 11 is 3.57. The van der Waals surface area contributed by atoms with Crippen LogP contribution in [0.2, 0.25) is 0 Å². The Balaban J connectivity index is 2.23. The zero-order valence-electron chi connectivity index (χ0n) is 10.4. The number of nitrogens with zero attached hydrogens (tertiary/aromatic N) is 1. The van der Waals surface area contributed by atoms with Crippen LogP contribution in [0.25, 0.3) is 22.4 Å². The van der Waals surface area contributed by atoms with E-state index in [9.17, 15) is 0 Å². The van der Waals surface area contributed by atoms with E-state index in [2.05, 4.69) is 33.2 Å². The van der Waals surface area contributed by atoms with Gasteiger partial charge in [0.15, 0.2) is 0 Å². The lowest BCUT2D eigenvalue weighted by Crippen LogP contribution is -1.85. The SMILES string of the molecule is Cc1onc(-c2ccccc2Br)c1-c1ccccc1. The van der Waals surface area contributed by atoms with Crippen LogP contribution >= 0.6 is 15.9 Å². The number of aryl methyl sites for hydroxylation is 1. The predicted octanol–water partition coefficient (Wildman–Crippen LogP) is 5.08. The van der Waals surface area contributed by atoms with Gasteiger partial charge in [0.2, 0.25) is 0 Å². The summed E-state index contributed by atoms with van der Waals surface area (Å²) in [6.45, 7) is 1.94. The van der Waals surface area contributed by atoms with E-state index < -0.39 is 0 Å². The summed E-state index contributed by atoms with van der Waals surface area (Å²) in [5.74, 6) is 0.831. The minimum absolute atomic E-state index is 0.831. The monoisotopic (exact) mass is 313 g/mol. The number of hydrogen-bond acceptors (Lipinski definition) is 2. The maximum Gasteiger partial charge on any atom is 0.142 e. The molecular formula is C16H12BrNO. The van der Waals surface area contributed by atoms with Crippen molar-refractivity contribution in [3.8, 4) is 22.4 Å². The zero-order chi connectivity index (χ0) is 13.2. The number of rotatable bonds is 2. The Labute approximate surface area is 120 Å². The molecule has 0 bridgehead atoms. The maximum atomic E-state index is 5.39. The molecule has 0 N–H and O–H groups in total. The maximum absolute atomic E-state index is 5.39. The summed E-state index contributed by atoms with van der Waals surface area (Å²) in [7, 11) is 0. The first-order valence-corrected chi connectivity index (χ1v) is 6.83. The molecule has 0 amide bonds. The summed E-state index contributed by atoms with van der Waals surface area (Å²) < 4.78 is 6.40. The molecule has 3 rings (SSSR count). The molecule has 1 aromatic heterocycles. The third-order valence-electron chi connectivity index (χ3n) is 3.05. The lowest BCUT2D eigenvalue weighted by atomic mass is 10.00. The zero-order valence-corrected chi connectivity index (χ0v) is 12.0. The van der Waals surface area contributed by atoms with Crippen molar-refractivity contribution in [3.63, 3.8) is 0 Å². The highest BCUT2D eigenvalue weighted by Gasteiger charge is 2.17. The average molecular weight is 314 g/mol. The first kappa shape index (κ1) is 12.2. The lowest BCUT2D eigenvalue weighted by molar-refractivity contribution is 0.400. The van der Waals surface area contributed by atoms with Crippen molar-refractivity contribution in [2.24, 2.45) is 0 Å². The Bertz CT molecular complexity index is 704. The Morgan fingerprint density at radius 1 is 0.947 bits per heavy atom. The molecule has 19 heavy (non-hydrogen) atoms. The van der Waals surface area contributed by atoms with Gasteiger partial charge in [0.1, 0.15) is 11.5 Å². The molecule has 0 saturated carbocycles. The van der Waals surface area contributed by atoms with Gasteiger partial charge in [-0.15, -0.1) is 0 Å². The van der Waals surface area contributed by atoms with E-state index in [1.807, 2.05) is 49.4 Å². The number of aromatic nitrogens is 1. The van der Waals surface area contributed by atoms with E-state index in [0.29, 0.717) is 0 Å².